The summed E-state index contributed by atoms with van der Waals surface area (Å²) >= 11 is 2.81. The standard InChI is InChI=1S/C12H13F2.Al/c13-11-8-4-7-10(12(11)14)9-5-2-1-3-6-9;/h1,4,7-9H,2-3,5-6H2;. The fourth-order valence-electron chi connectivity index (χ4n) is 2.27. The van der Waals surface area contributed by atoms with Crippen LogP contribution in [0.1, 0.15) is 37.2 Å². The lowest BCUT2D eigenvalue weighted by Gasteiger charge is -2.27. The van der Waals surface area contributed by atoms with Crippen molar-refractivity contribution in [1.29, 1.82) is 0 Å². The summed E-state index contributed by atoms with van der Waals surface area (Å²) in [4.78, 5) is 0. The molecule has 0 nitrogen and oxygen atoms in total. The van der Waals surface area contributed by atoms with Gasteiger partial charge in [-0.25, -0.2) is 8.78 Å². The fraction of sp³-hybridized carbons (Fsp3) is 0.500. The summed E-state index contributed by atoms with van der Waals surface area (Å²) in [5, 5.41) is 0. The molecule has 1 aliphatic rings. The maximum absolute atomic E-state index is 13.5. The number of hydrogen-bond donors (Lipinski definition) is 0. The van der Waals surface area contributed by atoms with Crippen molar-refractivity contribution in [1.82, 2.24) is 0 Å². The van der Waals surface area contributed by atoms with Crippen molar-refractivity contribution in [2.75, 3.05) is 0 Å². The van der Waals surface area contributed by atoms with Gasteiger partial charge in [-0.3, -0.25) is 0 Å². The van der Waals surface area contributed by atoms with Gasteiger partial charge in [0, 0.05) is 0 Å². The van der Waals surface area contributed by atoms with Crippen LogP contribution in [0, 0.1) is 11.6 Å². The van der Waals surface area contributed by atoms with Gasteiger partial charge in [0.15, 0.2) is 11.6 Å². The van der Waals surface area contributed by atoms with Gasteiger partial charge < -0.3 is 0 Å². The van der Waals surface area contributed by atoms with Crippen LogP contribution >= 0.6 is 0 Å². The lowest BCUT2D eigenvalue weighted by molar-refractivity contribution is 0.417. The maximum atomic E-state index is 13.5. The van der Waals surface area contributed by atoms with Crippen LogP contribution in [0.2, 0.25) is 4.78 Å². The molecule has 78 valence electrons. The highest BCUT2D eigenvalue weighted by Crippen LogP contribution is 2.38. The first-order valence-electron chi connectivity index (χ1n) is 5.38. The molecule has 3 heteroatoms. The Hall–Kier alpha value is -0.388. The van der Waals surface area contributed by atoms with Crippen LogP contribution in [-0.2, 0) is 0 Å². The van der Waals surface area contributed by atoms with Crippen LogP contribution < -0.4 is 0 Å². The van der Waals surface area contributed by atoms with Gasteiger partial charge in [0.05, 0.1) is 0 Å². The van der Waals surface area contributed by atoms with E-state index in [1.165, 1.54) is 6.07 Å². The zero-order valence-electron chi connectivity index (χ0n) is 8.55. The molecule has 1 fully saturated rings. The molecule has 1 saturated carbocycles. The second kappa shape index (κ2) is 4.64. The van der Waals surface area contributed by atoms with Gasteiger partial charge in [0.25, 0.3) is 0 Å². The van der Waals surface area contributed by atoms with Crippen molar-refractivity contribution in [2.24, 2.45) is 0 Å². The van der Waals surface area contributed by atoms with Gasteiger partial charge in [-0.1, -0.05) is 25.0 Å². The molecule has 0 N–H and O–H groups in total. The number of benzene rings is 1. The summed E-state index contributed by atoms with van der Waals surface area (Å²) in [6, 6.07) is 4.49. The molecule has 0 spiro atoms. The molecular weight excluding hydrogens is 209 g/mol. The smallest absolute Gasteiger partial charge is 0.162 e. The van der Waals surface area contributed by atoms with Crippen LogP contribution in [0.25, 0.3) is 0 Å². The Bertz CT molecular complexity index is 343. The normalized spacial score (nSPS) is 26.5. The van der Waals surface area contributed by atoms with Crippen LogP contribution in [0.4, 0.5) is 8.78 Å². The van der Waals surface area contributed by atoms with E-state index in [0.717, 1.165) is 25.7 Å². The summed E-state index contributed by atoms with van der Waals surface area (Å²) in [5.41, 5.74) is 0.562. The van der Waals surface area contributed by atoms with Crippen molar-refractivity contribution in [3.05, 3.63) is 35.4 Å². The van der Waals surface area contributed by atoms with E-state index in [4.69, 9.17) is 0 Å². The Balaban J connectivity index is 2.19. The predicted octanol–water partition coefficient (Wildman–Crippen LogP) is 3.58. The van der Waals surface area contributed by atoms with E-state index in [-0.39, 0.29) is 5.92 Å². The molecule has 0 amide bonds. The first-order valence-corrected chi connectivity index (χ1v) is 6.04. The molecule has 1 aliphatic carbocycles. The summed E-state index contributed by atoms with van der Waals surface area (Å²) in [6.07, 6.45) is 4.11. The van der Waals surface area contributed by atoms with E-state index in [1.54, 1.807) is 12.1 Å². The number of halogens is 2. The second-order valence-electron chi connectivity index (χ2n) is 4.25. The van der Waals surface area contributed by atoms with Crippen molar-refractivity contribution >= 4 is 16.3 Å². The molecule has 0 heterocycles. The third-order valence-corrected chi connectivity index (χ3v) is 3.86. The number of rotatable bonds is 1. The van der Waals surface area contributed by atoms with E-state index in [1.807, 2.05) is 0 Å². The molecule has 2 rings (SSSR count). The Morgan fingerprint density at radius 2 is 1.73 bits per heavy atom. The highest BCUT2D eigenvalue weighted by atomic mass is 27.0. The number of hydrogen-bond acceptors (Lipinski definition) is 0. The highest BCUT2D eigenvalue weighted by Gasteiger charge is 2.22. The van der Waals surface area contributed by atoms with E-state index in [0.29, 0.717) is 10.3 Å². The molecular formula is C12H13AlF2. The highest BCUT2D eigenvalue weighted by molar-refractivity contribution is 6.11. The van der Waals surface area contributed by atoms with Gasteiger partial charge >= 0.3 is 0 Å². The van der Waals surface area contributed by atoms with Crippen molar-refractivity contribution in [3.8, 4) is 0 Å². The topological polar surface area (TPSA) is 0 Å². The lowest BCUT2D eigenvalue weighted by Crippen LogP contribution is -2.11. The van der Waals surface area contributed by atoms with Crippen molar-refractivity contribution in [2.45, 2.75) is 36.4 Å². The molecule has 1 aromatic rings. The molecule has 0 aromatic heterocycles. The van der Waals surface area contributed by atoms with E-state index >= 15 is 0 Å². The minimum Gasteiger partial charge on any atom is -0.204 e. The summed E-state index contributed by atoms with van der Waals surface area (Å²) < 4.78 is 27.2. The molecule has 2 radical (unpaired) electrons. The summed E-state index contributed by atoms with van der Waals surface area (Å²) in [7, 11) is 0. The van der Waals surface area contributed by atoms with E-state index in [2.05, 4.69) is 16.3 Å². The third-order valence-electron chi connectivity index (χ3n) is 3.19. The molecule has 0 bridgehead atoms. The average molecular weight is 222 g/mol. The van der Waals surface area contributed by atoms with Gasteiger partial charge in [0.1, 0.15) is 16.3 Å². The Morgan fingerprint density at radius 3 is 2.40 bits per heavy atom. The molecule has 1 aromatic carbocycles. The first-order chi connectivity index (χ1) is 7.18. The Labute approximate surface area is 97.1 Å². The Morgan fingerprint density at radius 1 is 1.07 bits per heavy atom. The predicted molar refractivity (Wildman–Crippen MR) is 57.1 cm³/mol. The molecule has 0 unspecified atom stereocenters. The zero-order chi connectivity index (χ0) is 10.8. The quantitative estimate of drug-likeness (QED) is 0.637. The molecule has 0 saturated heterocycles. The van der Waals surface area contributed by atoms with Gasteiger partial charge in [-0.2, -0.15) is 0 Å². The fourth-order valence-corrected chi connectivity index (χ4v) is 2.65. The molecule has 0 aliphatic heterocycles. The largest absolute Gasteiger partial charge is 0.204 e. The lowest BCUT2D eigenvalue weighted by atomic mass is 9.83. The van der Waals surface area contributed by atoms with Crippen LogP contribution in [-0.4, -0.2) is 16.3 Å². The average Bonchev–Trinajstić information content (AvgIpc) is 2.24. The third kappa shape index (κ3) is 2.41. The van der Waals surface area contributed by atoms with Crippen molar-refractivity contribution < 1.29 is 8.78 Å². The maximum Gasteiger partial charge on any atom is 0.162 e. The second-order valence-corrected chi connectivity index (χ2v) is 5.20. The minimum atomic E-state index is -0.722. The van der Waals surface area contributed by atoms with Crippen molar-refractivity contribution in [3.63, 3.8) is 0 Å². The van der Waals surface area contributed by atoms with Gasteiger partial charge in [0.2, 0.25) is 0 Å². The van der Waals surface area contributed by atoms with Crippen LogP contribution in [0.15, 0.2) is 18.2 Å². The Kier molecular flexibility index (Phi) is 3.43. The van der Waals surface area contributed by atoms with Crippen LogP contribution in [0.3, 0.4) is 0 Å². The van der Waals surface area contributed by atoms with E-state index in [9.17, 15) is 8.78 Å². The van der Waals surface area contributed by atoms with Gasteiger partial charge in [-0.15, -0.1) is 4.78 Å². The van der Waals surface area contributed by atoms with Crippen LogP contribution in [0.5, 0.6) is 0 Å². The van der Waals surface area contributed by atoms with Gasteiger partial charge in [-0.05, 0) is 30.4 Å². The first kappa shape index (κ1) is 11.1. The summed E-state index contributed by atoms with van der Waals surface area (Å²) in [5.74, 6) is -1.16. The molecule has 15 heavy (non-hydrogen) atoms. The monoisotopic (exact) mass is 222 g/mol. The SMILES string of the molecule is Fc1cccc(C2CC[CH]([Al])CC2)c1F. The van der Waals surface area contributed by atoms with E-state index < -0.39 is 11.6 Å². The molecule has 0 atom stereocenters. The zero-order valence-corrected chi connectivity index (χ0v) is 9.70. The summed E-state index contributed by atoms with van der Waals surface area (Å²) in [6.45, 7) is 0. The minimum absolute atomic E-state index is 0.206.